The van der Waals surface area contributed by atoms with Crippen LogP contribution in [0.3, 0.4) is 0 Å². The van der Waals surface area contributed by atoms with Crippen LogP contribution in [0.4, 0.5) is 22.0 Å². The van der Waals surface area contributed by atoms with Crippen molar-refractivity contribution in [2.75, 3.05) is 0 Å². The lowest BCUT2D eigenvalue weighted by Crippen LogP contribution is -2.40. The van der Waals surface area contributed by atoms with E-state index in [-0.39, 0.29) is 5.25 Å². The molecule has 1 aliphatic carbocycles. The van der Waals surface area contributed by atoms with Gasteiger partial charge in [-0.05, 0) is 62.2 Å². The Bertz CT molecular complexity index is 804. The smallest absolute Gasteiger partial charge is 0.200 e. The normalized spacial score (nSPS) is 34.0. The lowest BCUT2D eigenvalue weighted by molar-refractivity contribution is 0.0696. The highest BCUT2D eigenvalue weighted by Gasteiger charge is 2.53. The van der Waals surface area contributed by atoms with Crippen LogP contribution < -0.4 is 0 Å². The van der Waals surface area contributed by atoms with Crippen molar-refractivity contribution in [2.24, 2.45) is 5.92 Å². The van der Waals surface area contributed by atoms with Crippen molar-refractivity contribution in [3.8, 4) is 0 Å². The minimum Gasteiger partial charge on any atom is -0.326 e. The van der Waals surface area contributed by atoms with Crippen LogP contribution in [0.5, 0.6) is 0 Å². The molecule has 1 saturated heterocycles. The molecule has 1 heterocycles. The van der Waals surface area contributed by atoms with Crippen LogP contribution in [0.1, 0.15) is 33.1 Å². The maximum atomic E-state index is 14.0. The average Bonchev–Trinajstić information content (AvgIpc) is 2.84. The third kappa shape index (κ3) is 3.50. The summed E-state index contributed by atoms with van der Waals surface area (Å²) in [4.78, 5) is -0.962. The van der Waals surface area contributed by atoms with Gasteiger partial charge in [-0.2, -0.15) is 0 Å². The van der Waals surface area contributed by atoms with Gasteiger partial charge in [0.25, 0.3) is 0 Å². The Morgan fingerprint density at radius 2 is 1.73 bits per heavy atom. The van der Waals surface area contributed by atoms with Gasteiger partial charge in [0.05, 0.1) is 10.5 Å². The zero-order valence-corrected chi connectivity index (χ0v) is 17.3. The van der Waals surface area contributed by atoms with Crippen LogP contribution in [-0.2, 0) is 16.3 Å². The lowest BCUT2D eigenvalue weighted by atomic mass is 9.77. The summed E-state index contributed by atoms with van der Waals surface area (Å²) in [7, 11) is 0. The Kier molecular flexibility index (Phi) is 5.61. The van der Waals surface area contributed by atoms with Crippen LogP contribution in [-0.4, -0.2) is 10.9 Å². The molecule has 2 aliphatic rings. The number of allylic oxidation sites excluding steroid dienone is 1. The molecule has 144 valence electrons. The van der Waals surface area contributed by atoms with E-state index in [4.69, 9.17) is 16.3 Å². The molecule has 0 N–H and O–H groups in total. The Hall–Kier alpha value is -0.0800. The predicted octanol–water partition coefficient (Wildman–Crippen LogP) is 6.97. The van der Waals surface area contributed by atoms with Crippen molar-refractivity contribution in [3.63, 3.8) is 0 Å². The summed E-state index contributed by atoms with van der Waals surface area (Å²) in [6, 6.07) is 0. The molecule has 1 saturated carbocycles. The molecule has 3 rings (SSSR count). The van der Waals surface area contributed by atoms with Gasteiger partial charge in [0.15, 0.2) is 27.9 Å². The topological polar surface area (TPSA) is 9.23 Å². The third-order valence-electron chi connectivity index (χ3n) is 4.82. The molecule has 1 aliphatic heterocycles. The summed E-state index contributed by atoms with van der Waals surface area (Å²) >= 11 is 7.26. The van der Waals surface area contributed by atoms with Gasteiger partial charge in [0.2, 0.25) is 5.82 Å². The van der Waals surface area contributed by atoms with Crippen LogP contribution in [0.15, 0.2) is 17.0 Å². The zero-order chi connectivity index (χ0) is 19.4. The standard InChI is InChI=1S/C16H16F5OPS3/c1-7(2)8-4-5-16(3)9(6-8)25-23(24,22-16)26-15-13(20)11(18)10(17)12(19)14(15)21/h8-9H,1,4-6H2,2-3H3/t8-,9+,16+,23?/m1/s1. The summed E-state index contributed by atoms with van der Waals surface area (Å²) in [5, 5.41) is -0.00227. The van der Waals surface area contributed by atoms with Crippen molar-refractivity contribution in [1.29, 1.82) is 0 Å². The number of rotatable bonds is 3. The van der Waals surface area contributed by atoms with Gasteiger partial charge >= 0.3 is 0 Å². The molecule has 0 bridgehead atoms. The first-order valence-corrected chi connectivity index (χ1v) is 13.5. The number of benzene rings is 1. The van der Waals surface area contributed by atoms with Crippen molar-refractivity contribution in [3.05, 3.63) is 41.2 Å². The average molecular weight is 446 g/mol. The van der Waals surface area contributed by atoms with E-state index in [1.54, 1.807) is 0 Å². The van der Waals surface area contributed by atoms with Gasteiger partial charge in [-0.3, -0.25) is 0 Å². The van der Waals surface area contributed by atoms with Gasteiger partial charge in [0.1, 0.15) is 0 Å². The molecule has 26 heavy (non-hydrogen) atoms. The molecule has 0 radical (unpaired) electrons. The number of halogens is 5. The van der Waals surface area contributed by atoms with E-state index < -0.39 is 44.3 Å². The van der Waals surface area contributed by atoms with Gasteiger partial charge in [-0.25, -0.2) is 22.0 Å². The number of fused-ring (bicyclic) bond motifs is 1. The first-order valence-electron chi connectivity index (χ1n) is 7.83. The van der Waals surface area contributed by atoms with Crippen LogP contribution in [0.25, 0.3) is 0 Å². The zero-order valence-electron chi connectivity index (χ0n) is 14.0. The van der Waals surface area contributed by atoms with Crippen molar-refractivity contribution in [2.45, 2.75) is 48.9 Å². The third-order valence-corrected chi connectivity index (χ3v) is 13.7. The highest BCUT2D eigenvalue weighted by atomic mass is 33.2. The molecule has 1 unspecified atom stereocenters. The predicted molar refractivity (Wildman–Crippen MR) is 99.4 cm³/mol. The largest absolute Gasteiger partial charge is 0.326 e. The van der Waals surface area contributed by atoms with E-state index in [1.807, 2.05) is 13.8 Å². The SMILES string of the molecule is C=C(C)[C@@H]1CC[C@]2(C)OP(=S)(Sc3c(F)c(F)c(F)c(F)c3F)S[C@H]2C1. The molecule has 2 fully saturated rings. The maximum Gasteiger partial charge on any atom is 0.200 e. The molecular formula is C16H16F5OPS3. The summed E-state index contributed by atoms with van der Waals surface area (Å²) < 4.78 is 71.3. The molecule has 0 aromatic heterocycles. The van der Waals surface area contributed by atoms with E-state index in [9.17, 15) is 22.0 Å². The fraction of sp³-hybridized carbons (Fsp3) is 0.500. The van der Waals surface area contributed by atoms with Crippen LogP contribution in [0, 0.1) is 35.0 Å². The summed E-state index contributed by atoms with van der Waals surface area (Å²) in [5.74, 6) is -9.53. The fourth-order valence-electron chi connectivity index (χ4n) is 3.20. The van der Waals surface area contributed by atoms with Crippen molar-refractivity contribution < 1.29 is 26.5 Å². The molecule has 1 aromatic carbocycles. The Morgan fingerprint density at radius 3 is 2.27 bits per heavy atom. The fourth-order valence-corrected chi connectivity index (χ4v) is 14.2. The van der Waals surface area contributed by atoms with Gasteiger partial charge < -0.3 is 4.52 Å². The molecule has 10 heteroatoms. The summed E-state index contributed by atoms with van der Waals surface area (Å²) in [6.45, 7) is 7.83. The molecule has 4 atom stereocenters. The molecular weight excluding hydrogens is 430 g/mol. The second kappa shape index (κ2) is 7.07. The second-order valence-corrected chi connectivity index (χ2v) is 17.1. The minimum atomic E-state index is -2.93. The maximum absolute atomic E-state index is 14.0. The summed E-state index contributed by atoms with van der Waals surface area (Å²) in [6.07, 6.45) is 2.34. The number of hydrogen-bond acceptors (Lipinski definition) is 4. The molecule has 0 spiro atoms. The first kappa shape index (κ1) is 20.6. The van der Waals surface area contributed by atoms with Gasteiger partial charge in [-0.15, -0.1) is 0 Å². The molecule has 1 nitrogen and oxygen atoms in total. The van der Waals surface area contributed by atoms with E-state index in [0.29, 0.717) is 23.7 Å². The van der Waals surface area contributed by atoms with E-state index in [0.717, 1.165) is 18.4 Å². The van der Waals surface area contributed by atoms with E-state index in [2.05, 4.69) is 6.58 Å². The summed E-state index contributed by atoms with van der Waals surface area (Å²) in [5.41, 5.74) is 0.490. The van der Waals surface area contributed by atoms with Crippen LogP contribution in [0.2, 0.25) is 0 Å². The second-order valence-electron chi connectivity index (χ2n) is 6.75. The Balaban J connectivity index is 1.91. The van der Waals surface area contributed by atoms with Crippen molar-refractivity contribution in [1.82, 2.24) is 0 Å². The van der Waals surface area contributed by atoms with E-state index >= 15 is 0 Å². The van der Waals surface area contributed by atoms with Crippen LogP contribution >= 0.6 is 27.4 Å². The highest BCUT2D eigenvalue weighted by Crippen LogP contribution is 2.82. The van der Waals surface area contributed by atoms with Gasteiger partial charge in [-0.1, -0.05) is 23.5 Å². The van der Waals surface area contributed by atoms with E-state index in [1.165, 1.54) is 11.4 Å². The molecule has 0 amide bonds. The Morgan fingerprint density at radius 1 is 1.19 bits per heavy atom. The monoisotopic (exact) mass is 446 g/mol. The number of hydrogen-bond donors (Lipinski definition) is 0. The van der Waals surface area contributed by atoms with Gasteiger partial charge in [0, 0.05) is 5.25 Å². The lowest BCUT2D eigenvalue weighted by Gasteiger charge is -2.37. The minimum absolute atomic E-state index is 0.00227. The Labute approximate surface area is 161 Å². The highest BCUT2D eigenvalue weighted by molar-refractivity contribution is 8.99. The van der Waals surface area contributed by atoms with Crippen molar-refractivity contribution >= 4 is 39.2 Å². The molecule has 1 aromatic rings. The quantitative estimate of drug-likeness (QED) is 0.163. The first-order chi connectivity index (χ1) is 12.0.